The summed E-state index contributed by atoms with van der Waals surface area (Å²) in [4.78, 5) is 44.3. The molecule has 0 bridgehead atoms. The molecule has 0 aliphatic carbocycles. The molecule has 0 spiro atoms. The van der Waals surface area contributed by atoms with Crippen molar-refractivity contribution in [2.75, 3.05) is 6.61 Å². The van der Waals surface area contributed by atoms with Gasteiger partial charge in [-0.1, -0.05) is 30.3 Å². The number of halogens is 1. The summed E-state index contributed by atoms with van der Waals surface area (Å²) in [5.74, 6) is -1.96. The standard InChI is InChI=1S/C29H28FN3O4/c1-3-37-29(36)27-19(2)33(26(34)16-25(27)22-7-6-8-23(30)15-22)18-20-10-12-21(13-11-20)28(35)32-17-24-9-4-5-14-31-24/h4-15,25H,3,16-18H2,1-2H3,(H,32,35). The molecule has 0 saturated heterocycles. The molecule has 0 fully saturated rings. The van der Waals surface area contributed by atoms with E-state index < -0.39 is 17.7 Å². The molecule has 1 aliphatic rings. The van der Waals surface area contributed by atoms with E-state index in [0.717, 1.165) is 11.3 Å². The number of carbonyl (C=O) groups is 3. The summed E-state index contributed by atoms with van der Waals surface area (Å²) in [5, 5.41) is 2.83. The first-order valence-electron chi connectivity index (χ1n) is 12.1. The van der Waals surface area contributed by atoms with Crippen LogP contribution >= 0.6 is 0 Å². The van der Waals surface area contributed by atoms with E-state index in [1.165, 1.54) is 17.0 Å². The first kappa shape index (κ1) is 25.8. The predicted molar refractivity (Wildman–Crippen MR) is 135 cm³/mol. The van der Waals surface area contributed by atoms with E-state index in [-0.39, 0.29) is 31.4 Å². The van der Waals surface area contributed by atoms with Crippen LogP contribution in [-0.2, 0) is 27.4 Å². The van der Waals surface area contributed by atoms with Crippen molar-refractivity contribution in [3.8, 4) is 0 Å². The highest BCUT2D eigenvalue weighted by atomic mass is 19.1. The molecule has 3 aromatic rings. The molecule has 1 aliphatic heterocycles. The van der Waals surface area contributed by atoms with Crippen molar-refractivity contribution < 1.29 is 23.5 Å². The highest BCUT2D eigenvalue weighted by molar-refractivity contribution is 5.96. The Hall–Kier alpha value is -4.33. The number of ether oxygens (including phenoxy) is 1. The first-order chi connectivity index (χ1) is 17.9. The van der Waals surface area contributed by atoms with Gasteiger partial charge in [-0.25, -0.2) is 9.18 Å². The van der Waals surface area contributed by atoms with Gasteiger partial charge in [-0.3, -0.25) is 14.6 Å². The molecule has 1 N–H and O–H groups in total. The summed E-state index contributed by atoms with van der Waals surface area (Å²) in [7, 11) is 0. The van der Waals surface area contributed by atoms with Crippen molar-refractivity contribution >= 4 is 17.8 Å². The van der Waals surface area contributed by atoms with Crippen LogP contribution < -0.4 is 5.32 Å². The van der Waals surface area contributed by atoms with Crippen molar-refractivity contribution in [3.63, 3.8) is 0 Å². The number of pyridine rings is 1. The molecule has 37 heavy (non-hydrogen) atoms. The van der Waals surface area contributed by atoms with Gasteiger partial charge in [0.25, 0.3) is 5.91 Å². The predicted octanol–water partition coefficient (Wildman–Crippen LogP) is 4.50. The van der Waals surface area contributed by atoms with E-state index in [1.807, 2.05) is 18.2 Å². The Balaban J connectivity index is 1.53. The smallest absolute Gasteiger partial charge is 0.336 e. The molecule has 1 aromatic heterocycles. The fourth-order valence-corrected chi connectivity index (χ4v) is 4.40. The monoisotopic (exact) mass is 501 g/mol. The maximum Gasteiger partial charge on any atom is 0.336 e. The number of nitrogens with zero attached hydrogens (tertiary/aromatic N) is 2. The number of hydrogen-bond acceptors (Lipinski definition) is 5. The number of nitrogens with one attached hydrogen (secondary N) is 1. The van der Waals surface area contributed by atoms with Crippen LogP contribution in [0.5, 0.6) is 0 Å². The lowest BCUT2D eigenvalue weighted by Gasteiger charge is -2.34. The largest absolute Gasteiger partial charge is 0.463 e. The van der Waals surface area contributed by atoms with Crippen LogP contribution in [0.25, 0.3) is 0 Å². The fraction of sp³-hybridized carbons (Fsp3) is 0.241. The topological polar surface area (TPSA) is 88.6 Å². The lowest BCUT2D eigenvalue weighted by Crippen LogP contribution is -2.38. The van der Waals surface area contributed by atoms with Crippen LogP contribution in [0.3, 0.4) is 0 Å². The maximum absolute atomic E-state index is 13.9. The first-order valence-corrected chi connectivity index (χ1v) is 12.1. The van der Waals surface area contributed by atoms with Crippen molar-refractivity contribution in [1.82, 2.24) is 15.2 Å². The van der Waals surface area contributed by atoms with E-state index in [0.29, 0.717) is 28.9 Å². The lowest BCUT2D eigenvalue weighted by atomic mass is 9.83. The van der Waals surface area contributed by atoms with Gasteiger partial charge >= 0.3 is 5.97 Å². The van der Waals surface area contributed by atoms with Crippen molar-refractivity contribution in [1.29, 1.82) is 0 Å². The van der Waals surface area contributed by atoms with Gasteiger partial charge in [0.1, 0.15) is 5.82 Å². The Bertz CT molecular complexity index is 1320. The minimum Gasteiger partial charge on any atom is -0.463 e. The molecule has 1 unspecified atom stereocenters. The minimum absolute atomic E-state index is 0.0168. The lowest BCUT2D eigenvalue weighted by molar-refractivity contribution is -0.140. The number of aromatic nitrogens is 1. The molecule has 0 saturated carbocycles. The Kier molecular flexibility index (Phi) is 8.08. The molecule has 7 nitrogen and oxygen atoms in total. The number of rotatable bonds is 8. The zero-order valence-electron chi connectivity index (χ0n) is 20.7. The van der Waals surface area contributed by atoms with Crippen molar-refractivity contribution in [3.05, 3.63) is 112 Å². The third-order valence-electron chi connectivity index (χ3n) is 6.28. The average Bonchev–Trinajstić information content (AvgIpc) is 2.90. The summed E-state index contributed by atoms with van der Waals surface area (Å²) >= 11 is 0. The Labute approximate surface area is 215 Å². The van der Waals surface area contributed by atoms with E-state index in [2.05, 4.69) is 10.3 Å². The van der Waals surface area contributed by atoms with Crippen LogP contribution in [0.15, 0.2) is 84.2 Å². The molecular formula is C29H28FN3O4. The van der Waals surface area contributed by atoms with Gasteiger partial charge in [0, 0.05) is 29.8 Å². The Morgan fingerprint density at radius 3 is 2.57 bits per heavy atom. The zero-order chi connectivity index (χ0) is 26.4. The van der Waals surface area contributed by atoms with Gasteiger partial charge in [-0.2, -0.15) is 0 Å². The average molecular weight is 502 g/mol. The summed E-state index contributed by atoms with van der Waals surface area (Å²) < 4.78 is 19.2. The number of hydrogen-bond donors (Lipinski definition) is 1. The molecule has 2 aromatic carbocycles. The van der Waals surface area contributed by atoms with Gasteiger partial charge in [-0.05, 0) is 61.4 Å². The third kappa shape index (κ3) is 6.09. The maximum atomic E-state index is 13.9. The number of esters is 1. The highest BCUT2D eigenvalue weighted by Gasteiger charge is 2.37. The molecular weight excluding hydrogens is 473 g/mol. The molecule has 2 amide bonds. The SMILES string of the molecule is CCOC(=O)C1=C(C)N(Cc2ccc(C(=O)NCc3ccccn3)cc2)C(=O)CC1c1cccc(F)c1. The second kappa shape index (κ2) is 11.6. The molecule has 0 radical (unpaired) electrons. The molecule has 8 heteroatoms. The van der Waals surface area contributed by atoms with Crippen molar-refractivity contribution in [2.45, 2.75) is 39.3 Å². The normalized spacial score (nSPS) is 15.5. The number of benzene rings is 2. The van der Waals surface area contributed by atoms with Gasteiger partial charge in [0.15, 0.2) is 0 Å². The molecule has 190 valence electrons. The summed E-state index contributed by atoms with van der Waals surface area (Å²) in [6.45, 7) is 4.14. The van der Waals surface area contributed by atoms with Crippen LogP contribution in [0.1, 0.15) is 53.4 Å². The summed E-state index contributed by atoms with van der Waals surface area (Å²) in [6, 6.07) is 18.4. The van der Waals surface area contributed by atoms with Crippen LogP contribution in [-0.4, -0.2) is 34.3 Å². The second-order valence-electron chi connectivity index (χ2n) is 8.71. The Morgan fingerprint density at radius 1 is 1.11 bits per heavy atom. The van der Waals surface area contributed by atoms with E-state index >= 15 is 0 Å². The van der Waals surface area contributed by atoms with E-state index in [1.54, 1.807) is 56.4 Å². The highest BCUT2D eigenvalue weighted by Crippen LogP contribution is 2.38. The van der Waals surface area contributed by atoms with Crippen LogP contribution in [0.4, 0.5) is 4.39 Å². The van der Waals surface area contributed by atoms with E-state index in [9.17, 15) is 18.8 Å². The van der Waals surface area contributed by atoms with Gasteiger partial charge in [0.05, 0.1) is 31.0 Å². The van der Waals surface area contributed by atoms with E-state index in [4.69, 9.17) is 4.74 Å². The second-order valence-corrected chi connectivity index (χ2v) is 8.71. The van der Waals surface area contributed by atoms with Crippen molar-refractivity contribution in [2.24, 2.45) is 0 Å². The van der Waals surface area contributed by atoms with Crippen LogP contribution in [0.2, 0.25) is 0 Å². The third-order valence-corrected chi connectivity index (χ3v) is 6.28. The Morgan fingerprint density at radius 2 is 1.89 bits per heavy atom. The number of carbonyl (C=O) groups excluding carboxylic acids is 3. The van der Waals surface area contributed by atoms with Gasteiger partial charge in [0.2, 0.25) is 5.91 Å². The fourth-order valence-electron chi connectivity index (χ4n) is 4.40. The molecule has 1 atom stereocenters. The van der Waals surface area contributed by atoms with Gasteiger partial charge in [-0.15, -0.1) is 0 Å². The summed E-state index contributed by atoms with van der Waals surface area (Å²) in [6.07, 6.45) is 1.69. The molecule has 2 heterocycles. The summed E-state index contributed by atoms with van der Waals surface area (Å²) in [5.41, 5.74) is 3.40. The quantitative estimate of drug-likeness (QED) is 0.459. The number of amides is 2. The van der Waals surface area contributed by atoms with Crippen LogP contribution in [0, 0.1) is 5.82 Å². The molecule has 4 rings (SSSR count). The zero-order valence-corrected chi connectivity index (χ0v) is 20.7. The number of allylic oxidation sites excluding steroid dienone is 1. The minimum atomic E-state index is -0.594. The van der Waals surface area contributed by atoms with Gasteiger partial charge < -0.3 is 15.0 Å².